The lowest BCUT2D eigenvalue weighted by Crippen LogP contribution is -2.33. The number of carbonyl (C=O) groups is 1. The number of benzene rings is 2. The Kier molecular flexibility index (Phi) is 6.29. The Labute approximate surface area is 162 Å². The van der Waals surface area contributed by atoms with E-state index in [1.54, 1.807) is 4.90 Å². The first-order valence-electron chi connectivity index (χ1n) is 8.66. The third kappa shape index (κ3) is 4.39. The van der Waals surface area contributed by atoms with Crippen molar-refractivity contribution in [1.29, 1.82) is 5.26 Å². The number of nitrogens with zero attached hydrogens (tertiary/aromatic N) is 4. The molecule has 0 fully saturated rings. The molecule has 0 atom stereocenters. The van der Waals surface area contributed by atoms with E-state index in [4.69, 9.17) is 5.26 Å². The van der Waals surface area contributed by atoms with Crippen LogP contribution in [-0.4, -0.2) is 27.8 Å². The number of carbonyl (C=O) groups excluding carboxylic acids is 1. The summed E-state index contributed by atoms with van der Waals surface area (Å²) in [6.07, 6.45) is 2.11. The predicted molar refractivity (Wildman–Crippen MR) is 110 cm³/mol. The Morgan fingerprint density at radius 2 is 1.96 bits per heavy atom. The van der Waals surface area contributed by atoms with Crippen LogP contribution in [0.5, 0.6) is 0 Å². The maximum absolute atomic E-state index is 12.8. The standard InChI is InChI=1S/C21H20N4OS/c1-2-14-25-19-12-7-6-11-18(19)23-21(25)27-16-20(26)24(15-8-13-22)17-9-4-3-5-10-17/h2-7,9-12H,1,8,14-16H2. The minimum Gasteiger partial charge on any atom is -0.315 e. The zero-order valence-electron chi connectivity index (χ0n) is 14.9. The van der Waals surface area contributed by atoms with Gasteiger partial charge < -0.3 is 9.47 Å². The van der Waals surface area contributed by atoms with Crippen LogP contribution in [0.2, 0.25) is 0 Å². The van der Waals surface area contributed by atoms with Gasteiger partial charge in [0.15, 0.2) is 5.16 Å². The van der Waals surface area contributed by atoms with Crippen LogP contribution in [0, 0.1) is 11.3 Å². The molecule has 0 aliphatic rings. The third-order valence-corrected chi connectivity index (χ3v) is 5.03. The van der Waals surface area contributed by atoms with Gasteiger partial charge in [0.25, 0.3) is 0 Å². The average molecular weight is 376 g/mol. The Bertz CT molecular complexity index is 975. The maximum atomic E-state index is 12.8. The molecule has 0 spiro atoms. The van der Waals surface area contributed by atoms with Gasteiger partial charge in [-0.1, -0.05) is 48.2 Å². The van der Waals surface area contributed by atoms with E-state index in [1.165, 1.54) is 11.8 Å². The van der Waals surface area contributed by atoms with Crippen molar-refractivity contribution in [3.8, 4) is 6.07 Å². The molecule has 2 aromatic carbocycles. The quantitative estimate of drug-likeness (QED) is 0.435. The van der Waals surface area contributed by atoms with Gasteiger partial charge in [-0.25, -0.2) is 4.98 Å². The van der Waals surface area contributed by atoms with Crippen LogP contribution in [-0.2, 0) is 11.3 Å². The molecular weight excluding hydrogens is 356 g/mol. The fourth-order valence-corrected chi connectivity index (χ4v) is 3.74. The molecular formula is C21H20N4OS. The number of aromatic nitrogens is 2. The monoisotopic (exact) mass is 376 g/mol. The fourth-order valence-electron chi connectivity index (χ4n) is 2.84. The second-order valence-corrected chi connectivity index (χ2v) is 6.80. The van der Waals surface area contributed by atoms with Crippen molar-refractivity contribution in [1.82, 2.24) is 9.55 Å². The van der Waals surface area contributed by atoms with Gasteiger partial charge in [0.2, 0.25) is 5.91 Å². The molecule has 1 aromatic heterocycles. The largest absolute Gasteiger partial charge is 0.315 e. The van der Waals surface area contributed by atoms with Crippen molar-refractivity contribution in [2.45, 2.75) is 18.1 Å². The summed E-state index contributed by atoms with van der Waals surface area (Å²) < 4.78 is 2.06. The number of rotatable bonds is 8. The molecule has 136 valence electrons. The van der Waals surface area contributed by atoms with Crippen molar-refractivity contribution in [3.05, 3.63) is 67.3 Å². The minimum atomic E-state index is -0.0429. The SMILES string of the molecule is C=CCn1c(SCC(=O)N(CCC#N)c2ccccc2)nc2ccccc21. The van der Waals surface area contributed by atoms with Crippen molar-refractivity contribution in [2.75, 3.05) is 17.2 Å². The number of fused-ring (bicyclic) bond motifs is 1. The normalized spacial score (nSPS) is 10.5. The van der Waals surface area contributed by atoms with E-state index in [0.29, 0.717) is 19.5 Å². The zero-order chi connectivity index (χ0) is 19.1. The van der Waals surface area contributed by atoms with E-state index < -0.39 is 0 Å². The smallest absolute Gasteiger partial charge is 0.237 e. The van der Waals surface area contributed by atoms with E-state index >= 15 is 0 Å². The molecule has 27 heavy (non-hydrogen) atoms. The lowest BCUT2D eigenvalue weighted by molar-refractivity contribution is -0.116. The lowest BCUT2D eigenvalue weighted by atomic mass is 10.2. The molecule has 6 heteroatoms. The number of nitriles is 1. The molecule has 0 bridgehead atoms. The molecule has 5 nitrogen and oxygen atoms in total. The van der Waals surface area contributed by atoms with Gasteiger partial charge in [0, 0.05) is 18.8 Å². The van der Waals surface area contributed by atoms with Crippen LogP contribution in [0.4, 0.5) is 5.69 Å². The molecule has 0 N–H and O–H groups in total. The summed E-state index contributed by atoms with van der Waals surface area (Å²) in [5.41, 5.74) is 2.73. The molecule has 1 amide bonds. The molecule has 0 saturated carbocycles. The lowest BCUT2D eigenvalue weighted by Gasteiger charge is -2.21. The van der Waals surface area contributed by atoms with Crippen molar-refractivity contribution in [3.63, 3.8) is 0 Å². The summed E-state index contributed by atoms with van der Waals surface area (Å²) in [5.74, 6) is 0.208. The number of imidazole rings is 1. The van der Waals surface area contributed by atoms with E-state index in [0.717, 1.165) is 21.9 Å². The Morgan fingerprint density at radius 1 is 1.22 bits per heavy atom. The molecule has 0 aliphatic heterocycles. The molecule has 0 aliphatic carbocycles. The highest BCUT2D eigenvalue weighted by atomic mass is 32.2. The van der Waals surface area contributed by atoms with Gasteiger partial charge in [-0.2, -0.15) is 5.26 Å². The number of hydrogen-bond acceptors (Lipinski definition) is 4. The van der Waals surface area contributed by atoms with E-state index in [-0.39, 0.29) is 11.7 Å². The number of thioether (sulfide) groups is 1. The Hall–Kier alpha value is -3.04. The number of hydrogen-bond donors (Lipinski definition) is 0. The highest BCUT2D eigenvalue weighted by Crippen LogP contribution is 2.25. The first-order valence-corrected chi connectivity index (χ1v) is 9.64. The van der Waals surface area contributed by atoms with Crippen LogP contribution < -0.4 is 4.90 Å². The predicted octanol–water partition coefficient (Wildman–Crippen LogP) is 4.26. The average Bonchev–Trinajstić information content (AvgIpc) is 3.05. The topological polar surface area (TPSA) is 61.9 Å². The number of anilines is 1. The van der Waals surface area contributed by atoms with E-state index in [2.05, 4.69) is 22.2 Å². The van der Waals surface area contributed by atoms with Gasteiger partial charge in [-0.05, 0) is 24.3 Å². The maximum Gasteiger partial charge on any atom is 0.237 e. The first-order chi connectivity index (χ1) is 13.2. The summed E-state index contributed by atoms with van der Waals surface area (Å²) in [7, 11) is 0. The van der Waals surface area contributed by atoms with Gasteiger partial charge in [-0.3, -0.25) is 4.79 Å². The van der Waals surface area contributed by atoms with Gasteiger partial charge in [0.1, 0.15) is 0 Å². The Balaban J connectivity index is 1.79. The van der Waals surface area contributed by atoms with Crippen LogP contribution in [0.15, 0.2) is 72.4 Å². The molecule has 0 radical (unpaired) electrons. The zero-order valence-corrected chi connectivity index (χ0v) is 15.7. The fraction of sp³-hybridized carbons (Fsp3) is 0.190. The summed E-state index contributed by atoms with van der Waals surface area (Å²) in [4.78, 5) is 19.2. The van der Waals surface area contributed by atoms with Gasteiger partial charge in [0.05, 0.1) is 29.3 Å². The van der Waals surface area contributed by atoms with E-state index in [9.17, 15) is 4.79 Å². The highest BCUT2D eigenvalue weighted by molar-refractivity contribution is 7.99. The van der Waals surface area contributed by atoms with Crippen LogP contribution in [0.25, 0.3) is 11.0 Å². The van der Waals surface area contributed by atoms with Crippen molar-refractivity contribution >= 4 is 34.4 Å². The second kappa shape index (κ2) is 9.06. The highest BCUT2D eigenvalue weighted by Gasteiger charge is 2.18. The summed E-state index contributed by atoms with van der Waals surface area (Å²) in [5, 5.41) is 9.70. The first kappa shape index (κ1) is 18.7. The number of para-hydroxylation sites is 3. The summed E-state index contributed by atoms with van der Waals surface area (Å²) >= 11 is 1.41. The molecule has 0 unspecified atom stereocenters. The molecule has 3 rings (SSSR count). The van der Waals surface area contributed by atoms with Gasteiger partial charge >= 0.3 is 0 Å². The molecule has 3 aromatic rings. The van der Waals surface area contributed by atoms with Crippen molar-refractivity contribution in [2.24, 2.45) is 0 Å². The summed E-state index contributed by atoms with van der Waals surface area (Å²) in [6, 6.07) is 19.5. The molecule has 0 saturated heterocycles. The third-order valence-electron chi connectivity index (χ3n) is 4.07. The van der Waals surface area contributed by atoms with Gasteiger partial charge in [-0.15, -0.1) is 6.58 Å². The van der Waals surface area contributed by atoms with Crippen molar-refractivity contribution < 1.29 is 4.79 Å². The number of amides is 1. The minimum absolute atomic E-state index is 0.0429. The van der Waals surface area contributed by atoms with Crippen LogP contribution in [0.3, 0.4) is 0 Å². The number of allylic oxidation sites excluding steroid dienone is 1. The van der Waals surface area contributed by atoms with Crippen LogP contribution >= 0.6 is 11.8 Å². The molecule has 1 heterocycles. The summed E-state index contributed by atoms with van der Waals surface area (Å²) in [6.45, 7) is 4.83. The van der Waals surface area contributed by atoms with Crippen LogP contribution in [0.1, 0.15) is 6.42 Å². The van der Waals surface area contributed by atoms with E-state index in [1.807, 2.05) is 60.7 Å². The Morgan fingerprint density at radius 3 is 2.70 bits per heavy atom. The second-order valence-electron chi connectivity index (χ2n) is 5.86.